The van der Waals surface area contributed by atoms with Gasteiger partial charge in [-0.2, -0.15) is 18.3 Å². The number of rotatable bonds is 2. The molecule has 0 N–H and O–H groups in total. The zero-order chi connectivity index (χ0) is 21.0. The molecule has 1 aliphatic carbocycles. The van der Waals surface area contributed by atoms with E-state index in [0.29, 0.717) is 40.5 Å². The minimum absolute atomic E-state index is 0.0481. The van der Waals surface area contributed by atoms with Gasteiger partial charge in [-0.1, -0.05) is 20.8 Å². The second kappa shape index (κ2) is 6.93. The summed E-state index contributed by atoms with van der Waals surface area (Å²) in [5.74, 6) is -0.402. The summed E-state index contributed by atoms with van der Waals surface area (Å²) in [7, 11) is 0. The predicted molar refractivity (Wildman–Crippen MR) is 105 cm³/mol. The van der Waals surface area contributed by atoms with Gasteiger partial charge in [-0.25, -0.2) is 14.1 Å². The first-order valence-corrected chi connectivity index (χ1v) is 10.3. The second-order valence-electron chi connectivity index (χ2n) is 8.46. The van der Waals surface area contributed by atoms with Crippen molar-refractivity contribution >= 4 is 11.3 Å². The summed E-state index contributed by atoms with van der Waals surface area (Å²) in [5.41, 5.74) is 1.20. The summed E-state index contributed by atoms with van der Waals surface area (Å²) in [4.78, 5) is 4.53. The van der Waals surface area contributed by atoms with E-state index in [1.54, 1.807) is 17.5 Å². The van der Waals surface area contributed by atoms with Crippen LogP contribution in [0.2, 0.25) is 0 Å². The molecule has 0 fully saturated rings. The van der Waals surface area contributed by atoms with E-state index in [1.165, 1.54) is 28.2 Å². The van der Waals surface area contributed by atoms with E-state index in [2.05, 4.69) is 10.1 Å². The molecule has 3 aromatic rings. The lowest BCUT2D eigenvalue weighted by atomic mass is 9.71. The Kier molecular flexibility index (Phi) is 4.80. The van der Waals surface area contributed by atoms with Gasteiger partial charge in [-0.05, 0) is 48.9 Å². The van der Waals surface area contributed by atoms with Crippen LogP contribution in [0.3, 0.4) is 0 Å². The van der Waals surface area contributed by atoms with Gasteiger partial charge < -0.3 is 0 Å². The lowest BCUT2D eigenvalue weighted by molar-refractivity contribution is -0.142. The van der Waals surface area contributed by atoms with Crippen molar-refractivity contribution < 1.29 is 17.6 Å². The zero-order valence-electron chi connectivity index (χ0n) is 16.3. The third-order valence-corrected chi connectivity index (χ3v) is 6.22. The van der Waals surface area contributed by atoms with Gasteiger partial charge in [0.05, 0.1) is 11.4 Å². The minimum Gasteiger partial charge on any atom is -0.218 e. The maximum absolute atomic E-state index is 13.7. The van der Waals surface area contributed by atoms with Crippen molar-refractivity contribution in [3.8, 4) is 16.4 Å². The minimum atomic E-state index is -4.51. The van der Waals surface area contributed by atoms with Crippen molar-refractivity contribution in [2.45, 2.75) is 52.1 Å². The molecule has 0 aliphatic heterocycles. The van der Waals surface area contributed by atoms with Crippen molar-refractivity contribution in [3.63, 3.8) is 0 Å². The molecule has 1 atom stereocenters. The standard InChI is InChI=1S/C21H21F4N3S/c1-20(2,3)15-6-4-5-14-17(15)28(27-18(14)21(23,24)25)19-26-16(11-29-19)12-7-9-13(22)10-8-12/h7-11,15H,4-6H2,1-3H3/t15-/m0/s1. The highest BCUT2D eigenvalue weighted by Gasteiger charge is 2.44. The Morgan fingerprint density at radius 3 is 2.41 bits per heavy atom. The van der Waals surface area contributed by atoms with Crippen LogP contribution in [0.25, 0.3) is 16.4 Å². The molecule has 8 heteroatoms. The number of hydrogen-bond acceptors (Lipinski definition) is 3. The van der Waals surface area contributed by atoms with Crippen LogP contribution in [0, 0.1) is 11.2 Å². The van der Waals surface area contributed by atoms with Crippen molar-refractivity contribution in [2.24, 2.45) is 5.41 Å². The number of alkyl halides is 3. The van der Waals surface area contributed by atoms with E-state index >= 15 is 0 Å². The number of hydrogen-bond donors (Lipinski definition) is 0. The Bertz CT molecular complexity index is 1030. The van der Waals surface area contributed by atoms with Crippen LogP contribution in [0.1, 0.15) is 56.5 Å². The van der Waals surface area contributed by atoms with E-state index in [-0.39, 0.29) is 17.2 Å². The van der Waals surface area contributed by atoms with Crippen LogP contribution in [-0.2, 0) is 12.6 Å². The molecule has 1 aliphatic rings. The van der Waals surface area contributed by atoms with Gasteiger partial charge in [0.25, 0.3) is 0 Å². The van der Waals surface area contributed by atoms with Gasteiger partial charge in [-0.15, -0.1) is 11.3 Å². The van der Waals surface area contributed by atoms with Gasteiger partial charge >= 0.3 is 6.18 Å². The van der Waals surface area contributed by atoms with Gasteiger partial charge in [0.1, 0.15) is 5.82 Å². The van der Waals surface area contributed by atoms with Gasteiger partial charge in [0, 0.05) is 22.4 Å². The first-order chi connectivity index (χ1) is 13.6. The first kappa shape index (κ1) is 20.1. The molecular formula is C21H21F4N3S. The van der Waals surface area contributed by atoms with Crippen LogP contribution in [0.5, 0.6) is 0 Å². The quantitative estimate of drug-likeness (QED) is 0.434. The lowest BCUT2D eigenvalue weighted by Crippen LogP contribution is -2.25. The highest BCUT2D eigenvalue weighted by atomic mass is 32.1. The summed E-state index contributed by atoms with van der Waals surface area (Å²) >= 11 is 1.24. The molecule has 0 amide bonds. The first-order valence-electron chi connectivity index (χ1n) is 9.46. The zero-order valence-corrected chi connectivity index (χ0v) is 17.2. The smallest absolute Gasteiger partial charge is 0.218 e. The molecule has 29 heavy (non-hydrogen) atoms. The maximum atomic E-state index is 13.7. The molecule has 154 valence electrons. The van der Waals surface area contributed by atoms with Gasteiger partial charge in [0.15, 0.2) is 5.69 Å². The summed E-state index contributed by atoms with van der Waals surface area (Å²) in [6.45, 7) is 6.13. The lowest BCUT2D eigenvalue weighted by Gasteiger charge is -2.34. The van der Waals surface area contributed by atoms with E-state index in [0.717, 1.165) is 6.42 Å². The average molecular weight is 423 g/mol. The van der Waals surface area contributed by atoms with E-state index in [9.17, 15) is 17.6 Å². The summed E-state index contributed by atoms with van der Waals surface area (Å²) in [5, 5.41) is 6.16. The second-order valence-corrected chi connectivity index (χ2v) is 9.29. The molecule has 0 radical (unpaired) electrons. The molecule has 0 unspecified atom stereocenters. The molecule has 2 aromatic heterocycles. The van der Waals surface area contributed by atoms with Crippen LogP contribution in [0.4, 0.5) is 17.6 Å². The molecule has 4 rings (SSSR count). The topological polar surface area (TPSA) is 30.7 Å². The third kappa shape index (κ3) is 3.70. The Labute approximate surface area is 170 Å². The summed E-state index contributed by atoms with van der Waals surface area (Å²) in [6.07, 6.45) is -2.61. The van der Waals surface area contributed by atoms with Crippen molar-refractivity contribution in [3.05, 3.63) is 52.4 Å². The Balaban J connectivity index is 1.86. The monoisotopic (exact) mass is 423 g/mol. The van der Waals surface area contributed by atoms with Crippen LogP contribution >= 0.6 is 11.3 Å². The molecule has 1 aromatic carbocycles. The number of aromatic nitrogens is 3. The third-order valence-electron chi connectivity index (χ3n) is 5.40. The van der Waals surface area contributed by atoms with E-state index in [1.807, 2.05) is 20.8 Å². The molecular weight excluding hydrogens is 402 g/mol. The number of nitrogens with zero attached hydrogens (tertiary/aromatic N) is 3. The molecule has 0 saturated heterocycles. The van der Waals surface area contributed by atoms with Crippen LogP contribution in [0.15, 0.2) is 29.6 Å². The molecule has 3 nitrogen and oxygen atoms in total. The highest BCUT2D eigenvalue weighted by molar-refractivity contribution is 7.12. The van der Waals surface area contributed by atoms with Crippen LogP contribution in [-0.4, -0.2) is 14.8 Å². The normalized spacial score (nSPS) is 17.4. The van der Waals surface area contributed by atoms with Gasteiger partial charge in [0.2, 0.25) is 5.13 Å². The molecule has 0 bridgehead atoms. The maximum Gasteiger partial charge on any atom is 0.435 e. The van der Waals surface area contributed by atoms with E-state index in [4.69, 9.17) is 0 Å². The summed E-state index contributed by atoms with van der Waals surface area (Å²) < 4.78 is 55.7. The molecule has 0 spiro atoms. The summed E-state index contributed by atoms with van der Waals surface area (Å²) in [6, 6.07) is 5.88. The van der Waals surface area contributed by atoms with Crippen molar-refractivity contribution in [1.29, 1.82) is 0 Å². The number of thiazole rings is 1. The fourth-order valence-electron chi connectivity index (χ4n) is 4.02. The van der Waals surface area contributed by atoms with Gasteiger partial charge in [-0.3, -0.25) is 0 Å². The SMILES string of the molecule is CC(C)(C)[C@H]1CCCc2c(C(F)(F)F)nn(-c3nc(-c4ccc(F)cc4)cs3)c21. The number of halogens is 4. The Hall–Kier alpha value is -2.22. The number of fused-ring (bicyclic) bond motifs is 1. The van der Waals surface area contributed by atoms with Crippen LogP contribution < -0.4 is 0 Å². The average Bonchev–Trinajstić information content (AvgIpc) is 3.25. The largest absolute Gasteiger partial charge is 0.435 e. The van der Waals surface area contributed by atoms with Crippen molar-refractivity contribution in [1.82, 2.24) is 14.8 Å². The number of benzene rings is 1. The predicted octanol–water partition coefficient (Wildman–Crippen LogP) is 6.62. The molecule has 0 saturated carbocycles. The Morgan fingerprint density at radius 2 is 1.79 bits per heavy atom. The fourth-order valence-corrected chi connectivity index (χ4v) is 4.81. The fraction of sp³-hybridized carbons (Fsp3) is 0.429. The van der Waals surface area contributed by atoms with Crippen molar-refractivity contribution in [2.75, 3.05) is 0 Å². The highest BCUT2D eigenvalue weighted by Crippen LogP contribution is 2.47. The Morgan fingerprint density at radius 1 is 1.10 bits per heavy atom. The van der Waals surface area contributed by atoms with E-state index < -0.39 is 11.9 Å². The molecule has 2 heterocycles.